The molecule has 0 spiro atoms. The van der Waals surface area contributed by atoms with Crippen LogP contribution < -0.4 is 0 Å². The first-order valence-corrected chi connectivity index (χ1v) is 5.62. The van der Waals surface area contributed by atoms with E-state index in [9.17, 15) is 0 Å². The van der Waals surface area contributed by atoms with E-state index >= 15 is 0 Å². The molecule has 2 rings (SSSR count). The highest BCUT2D eigenvalue weighted by molar-refractivity contribution is 7.73. The van der Waals surface area contributed by atoms with E-state index in [-0.39, 0.29) is 0 Å². The van der Waals surface area contributed by atoms with Crippen molar-refractivity contribution in [3.05, 3.63) is 60.7 Å². The molecule has 0 amide bonds. The molecular weight excluding hydrogens is 224 g/mol. The summed E-state index contributed by atoms with van der Waals surface area (Å²) >= 11 is -2.86. The first kappa shape index (κ1) is 12.6. The molecule has 0 aliphatic heterocycles. The summed E-state index contributed by atoms with van der Waals surface area (Å²) in [5.74, 6) is 0. The fourth-order valence-electron chi connectivity index (χ4n) is 1.26. The van der Waals surface area contributed by atoms with Crippen molar-refractivity contribution in [2.75, 3.05) is 0 Å². The van der Waals surface area contributed by atoms with Gasteiger partial charge in [0.25, 0.3) is 0 Å². The maximum Gasteiger partial charge on any atom is 0.0814 e. The van der Waals surface area contributed by atoms with Crippen LogP contribution in [0, 0.1) is 0 Å². The zero-order valence-electron chi connectivity index (χ0n) is 8.45. The Labute approximate surface area is 96.9 Å². The molecule has 1 atom stereocenters. The predicted molar refractivity (Wildman–Crippen MR) is 63.4 cm³/mol. The molecule has 0 fully saturated rings. The Morgan fingerprint density at radius 2 is 1.06 bits per heavy atom. The largest absolute Gasteiger partial charge is 0.750 e. The summed E-state index contributed by atoms with van der Waals surface area (Å²) in [4.78, 5) is 0. The minimum Gasteiger partial charge on any atom is -0.750 e. The Balaban J connectivity index is 0.000000280. The summed E-state index contributed by atoms with van der Waals surface area (Å²) in [5.41, 5.74) is 2.55. The molecule has 0 radical (unpaired) electrons. The van der Waals surface area contributed by atoms with Crippen LogP contribution in [0.15, 0.2) is 60.7 Å². The van der Waals surface area contributed by atoms with Crippen LogP contribution in [0.3, 0.4) is 0 Å². The molecule has 1 N–H and O–H groups in total. The van der Waals surface area contributed by atoms with Crippen LogP contribution in [0.5, 0.6) is 0 Å². The fourth-order valence-corrected chi connectivity index (χ4v) is 1.26. The molecule has 0 bridgehead atoms. The average molecular weight is 235 g/mol. The number of rotatable bonds is 1. The molecular formula is C12H11O3S-. The third kappa shape index (κ3) is 4.84. The number of hydrogen-bond donors (Lipinski definition) is 1. The molecule has 0 saturated heterocycles. The van der Waals surface area contributed by atoms with Crippen LogP contribution in [0.2, 0.25) is 0 Å². The number of hydrogen-bond acceptors (Lipinski definition) is 2. The van der Waals surface area contributed by atoms with Gasteiger partial charge in [-0.1, -0.05) is 60.7 Å². The summed E-state index contributed by atoms with van der Waals surface area (Å²) in [6, 6.07) is 20.8. The van der Waals surface area contributed by atoms with Crippen molar-refractivity contribution >= 4 is 11.4 Å². The summed E-state index contributed by atoms with van der Waals surface area (Å²) in [7, 11) is 0. The van der Waals surface area contributed by atoms with Gasteiger partial charge in [0, 0.05) is 0 Å². The minimum absolute atomic E-state index is 1.28. The second kappa shape index (κ2) is 6.90. The molecule has 0 aliphatic carbocycles. The van der Waals surface area contributed by atoms with Crippen LogP contribution >= 0.6 is 0 Å². The number of benzene rings is 2. The van der Waals surface area contributed by atoms with Crippen LogP contribution in [0.1, 0.15) is 0 Å². The molecule has 84 valence electrons. The molecule has 3 nitrogen and oxygen atoms in total. The van der Waals surface area contributed by atoms with Gasteiger partial charge in [0.1, 0.15) is 0 Å². The maximum atomic E-state index is 8.56. The van der Waals surface area contributed by atoms with E-state index in [1.165, 1.54) is 11.1 Å². The van der Waals surface area contributed by atoms with E-state index in [0.29, 0.717) is 0 Å². The molecule has 1 unspecified atom stereocenters. The maximum absolute atomic E-state index is 8.56. The van der Waals surface area contributed by atoms with E-state index in [1.54, 1.807) is 0 Å². The minimum atomic E-state index is -2.86. The normalized spacial score (nSPS) is 11.1. The predicted octanol–water partition coefficient (Wildman–Crippen LogP) is 2.69. The topological polar surface area (TPSA) is 60.4 Å². The van der Waals surface area contributed by atoms with Gasteiger partial charge in [-0.05, 0) is 11.1 Å². The van der Waals surface area contributed by atoms with Crippen LogP contribution in [0.4, 0.5) is 0 Å². The zero-order chi connectivity index (χ0) is 11.8. The summed E-state index contributed by atoms with van der Waals surface area (Å²) in [6.07, 6.45) is 0. The van der Waals surface area contributed by atoms with Gasteiger partial charge in [-0.15, -0.1) is 0 Å². The van der Waals surface area contributed by atoms with Gasteiger partial charge in [0.15, 0.2) is 0 Å². The third-order valence-electron chi connectivity index (χ3n) is 1.88. The Hall–Kier alpha value is -1.49. The Bertz CT molecular complexity index is 387. The monoisotopic (exact) mass is 235 g/mol. The van der Waals surface area contributed by atoms with Gasteiger partial charge >= 0.3 is 0 Å². The standard InChI is InChI=1S/C12H10.H2O3S/c1-3-7-11(8-4-1)12-9-5-2-6-10-12;1-4(2)3/h1-10H;(H2,1,2,3)/p-1. The van der Waals surface area contributed by atoms with Crippen molar-refractivity contribution in [3.63, 3.8) is 0 Å². The summed E-state index contributed by atoms with van der Waals surface area (Å²) in [6.45, 7) is 0. The first-order valence-electron chi connectivity index (χ1n) is 4.59. The van der Waals surface area contributed by atoms with E-state index in [1.807, 2.05) is 12.1 Å². The van der Waals surface area contributed by atoms with Crippen LogP contribution in [-0.2, 0) is 11.4 Å². The fraction of sp³-hybridized carbons (Fsp3) is 0. The van der Waals surface area contributed by atoms with Crippen molar-refractivity contribution in [1.29, 1.82) is 0 Å². The molecule has 0 aromatic heterocycles. The highest BCUT2D eigenvalue weighted by Gasteiger charge is 1.91. The molecule has 2 aromatic rings. The highest BCUT2D eigenvalue weighted by Crippen LogP contribution is 2.17. The Morgan fingerprint density at radius 1 is 0.812 bits per heavy atom. The van der Waals surface area contributed by atoms with E-state index in [4.69, 9.17) is 13.3 Å². The van der Waals surface area contributed by atoms with Gasteiger partial charge < -0.3 is 9.11 Å². The summed E-state index contributed by atoms with van der Waals surface area (Å²) in [5, 5.41) is 0. The quantitative estimate of drug-likeness (QED) is 0.773. The summed E-state index contributed by atoms with van der Waals surface area (Å²) < 4.78 is 24.1. The van der Waals surface area contributed by atoms with Crippen LogP contribution in [-0.4, -0.2) is 13.3 Å². The molecule has 0 heterocycles. The average Bonchev–Trinajstić information content (AvgIpc) is 2.31. The van der Waals surface area contributed by atoms with Crippen molar-refractivity contribution in [2.24, 2.45) is 0 Å². The molecule has 0 saturated carbocycles. The zero-order valence-corrected chi connectivity index (χ0v) is 9.26. The lowest BCUT2D eigenvalue weighted by molar-refractivity contribution is 0.436. The lowest BCUT2D eigenvalue weighted by Gasteiger charge is -1.98. The Morgan fingerprint density at radius 3 is 1.31 bits per heavy atom. The van der Waals surface area contributed by atoms with Crippen molar-refractivity contribution in [2.45, 2.75) is 0 Å². The van der Waals surface area contributed by atoms with E-state index < -0.39 is 11.4 Å². The van der Waals surface area contributed by atoms with Gasteiger partial charge in [-0.3, -0.25) is 0 Å². The first-order chi connectivity index (χ1) is 7.70. The molecule has 4 heteroatoms. The second-order valence-electron chi connectivity index (χ2n) is 2.95. The lowest BCUT2D eigenvalue weighted by atomic mass is 10.1. The van der Waals surface area contributed by atoms with Crippen molar-refractivity contribution in [1.82, 2.24) is 0 Å². The van der Waals surface area contributed by atoms with Gasteiger partial charge in [0.05, 0.1) is 11.4 Å². The molecule has 0 aliphatic rings. The highest BCUT2D eigenvalue weighted by atomic mass is 32.2. The lowest BCUT2D eigenvalue weighted by Crippen LogP contribution is -1.75. The molecule has 2 aromatic carbocycles. The SMILES string of the molecule is O=S([O-])O.c1ccc(-c2ccccc2)cc1. The van der Waals surface area contributed by atoms with Gasteiger partial charge in [-0.25, -0.2) is 4.21 Å². The molecule has 16 heavy (non-hydrogen) atoms. The van der Waals surface area contributed by atoms with Crippen LogP contribution in [0.25, 0.3) is 11.1 Å². The van der Waals surface area contributed by atoms with Gasteiger partial charge in [0.2, 0.25) is 0 Å². The van der Waals surface area contributed by atoms with E-state index in [2.05, 4.69) is 48.5 Å². The Kier molecular flexibility index (Phi) is 5.42. The smallest absolute Gasteiger partial charge is 0.0814 e. The van der Waals surface area contributed by atoms with E-state index in [0.717, 1.165) is 0 Å². The van der Waals surface area contributed by atoms with Crippen molar-refractivity contribution < 1.29 is 13.3 Å². The van der Waals surface area contributed by atoms with Gasteiger partial charge in [-0.2, -0.15) is 0 Å². The van der Waals surface area contributed by atoms with Crippen molar-refractivity contribution in [3.8, 4) is 11.1 Å². The third-order valence-corrected chi connectivity index (χ3v) is 1.88. The second-order valence-corrected chi connectivity index (χ2v) is 3.38.